The van der Waals surface area contributed by atoms with E-state index in [1.807, 2.05) is 49.3 Å². The van der Waals surface area contributed by atoms with Gasteiger partial charge in [0.15, 0.2) is 0 Å². The molecule has 1 N–H and O–H groups in total. The number of hydrogen-bond acceptors (Lipinski definition) is 3. The molecule has 0 aliphatic carbocycles. The van der Waals surface area contributed by atoms with E-state index in [0.29, 0.717) is 6.54 Å². The van der Waals surface area contributed by atoms with Crippen LogP contribution in [0.1, 0.15) is 22.1 Å². The molecule has 0 fully saturated rings. The van der Waals surface area contributed by atoms with E-state index in [1.54, 1.807) is 12.1 Å². The number of carbonyl (C=O) groups excluding carboxylic acids is 1. The maximum atomic E-state index is 12.2. The van der Waals surface area contributed by atoms with Gasteiger partial charge in [0.25, 0.3) is 5.91 Å². The summed E-state index contributed by atoms with van der Waals surface area (Å²) in [6.07, 6.45) is 0. The number of nitrogens with one attached hydrogen (secondary N) is 1. The quantitative estimate of drug-likeness (QED) is 0.850. The van der Waals surface area contributed by atoms with Crippen LogP contribution < -0.4 is 5.32 Å². The summed E-state index contributed by atoms with van der Waals surface area (Å²) in [5, 5.41) is 3.38. The molecule has 2 aromatic rings. The lowest BCUT2D eigenvalue weighted by atomic mass is 10.1. The third-order valence-corrected chi connectivity index (χ3v) is 3.81. The molecule has 0 spiro atoms. The lowest BCUT2D eigenvalue weighted by Crippen LogP contribution is -2.35. The van der Waals surface area contributed by atoms with E-state index in [1.165, 1.54) is 0 Å². The lowest BCUT2D eigenvalue weighted by Gasteiger charge is -2.25. The summed E-state index contributed by atoms with van der Waals surface area (Å²) in [6.45, 7) is 0.445. The normalized spacial score (nSPS) is 12.2. The monoisotopic (exact) mass is 337 g/mol. The number of aromatic nitrogens is 1. The van der Waals surface area contributed by atoms with Crippen LogP contribution in [0.5, 0.6) is 0 Å². The van der Waals surface area contributed by atoms with Crippen LogP contribution in [0.3, 0.4) is 0 Å². The van der Waals surface area contributed by atoms with Crippen LogP contribution >= 0.6 is 23.2 Å². The second kappa shape index (κ2) is 7.58. The highest BCUT2D eigenvalue weighted by molar-refractivity contribution is 6.34. The number of amides is 1. The van der Waals surface area contributed by atoms with Crippen molar-refractivity contribution in [1.82, 2.24) is 15.2 Å². The molecule has 1 atom stereocenters. The number of rotatable bonds is 5. The van der Waals surface area contributed by atoms with E-state index in [0.717, 1.165) is 5.56 Å². The Hall–Kier alpha value is -1.62. The van der Waals surface area contributed by atoms with Gasteiger partial charge in [-0.3, -0.25) is 4.79 Å². The van der Waals surface area contributed by atoms with Crippen molar-refractivity contribution < 1.29 is 4.79 Å². The highest BCUT2D eigenvalue weighted by atomic mass is 35.5. The number of pyridine rings is 1. The van der Waals surface area contributed by atoms with Crippen molar-refractivity contribution in [2.45, 2.75) is 6.04 Å². The Kier molecular flexibility index (Phi) is 5.77. The zero-order chi connectivity index (χ0) is 16.1. The van der Waals surface area contributed by atoms with Gasteiger partial charge in [0.2, 0.25) is 0 Å². The minimum atomic E-state index is -0.338. The van der Waals surface area contributed by atoms with Crippen LogP contribution in [0, 0.1) is 0 Å². The number of likely N-dealkylation sites (N-methyl/N-ethyl adjacent to an activating group) is 1. The number of carbonyl (C=O) groups is 1. The number of nitrogens with zero attached hydrogens (tertiary/aromatic N) is 2. The first-order valence-electron chi connectivity index (χ1n) is 6.80. The summed E-state index contributed by atoms with van der Waals surface area (Å²) in [4.78, 5) is 18.3. The molecule has 22 heavy (non-hydrogen) atoms. The summed E-state index contributed by atoms with van der Waals surface area (Å²) < 4.78 is 0. The van der Waals surface area contributed by atoms with Gasteiger partial charge in [-0.1, -0.05) is 53.5 Å². The molecule has 0 aliphatic heterocycles. The standard InChI is InChI=1S/C16H17Cl2N3O/c1-21(2)13(11-6-4-3-5-7-11)10-19-16(22)15-12(17)8-9-14(18)20-15/h3-9,13H,10H2,1-2H3,(H,19,22). The molecule has 6 heteroatoms. The van der Waals surface area contributed by atoms with E-state index >= 15 is 0 Å². The van der Waals surface area contributed by atoms with Gasteiger partial charge in [-0.2, -0.15) is 0 Å². The summed E-state index contributed by atoms with van der Waals surface area (Å²) in [6, 6.07) is 13.1. The molecule has 1 aromatic heterocycles. The van der Waals surface area contributed by atoms with Crippen molar-refractivity contribution in [1.29, 1.82) is 0 Å². The molecular formula is C16H17Cl2N3O. The molecule has 116 valence electrons. The molecule has 2 rings (SSSR count). The van der Waals surface area contributed by atoms with Crippen LogP contribution in [-0.4, -0.2) is 36.4 Å². The van der Waals surface area contributed by atoms with Crippen molar-refractivity contribution in [3.8, 4) is 0 Å². The third kappa shape index (κ3) is 4.19. The molecule has 1 amide bonds. The number of hydrogen-bond donors (Lipinski definition) is 1. The van der Waals surface area contributed by atoms with Crippen molar-refractivity contribution in [3.63, 3.8) is 0 Å². The minimum Gasteiger partial charge on any atom is -0.349 e. The summed E-state index contributed by atoms with van der Waals surface area (Å²) >= 11 is 11.8. The van der Waals surface area contributed by atoms with Crippen LogP contribution in [-0.2, 0) is 0 Å². The smallest absolute Gasteiger partial charge is 0.271 e. The van der Waals surface area contributed by atoms with Crippen LogP contribution in [0.2, 0.25) is 10.2 Å². The second-order valence-corrected chi connectivity index (χ2v) is 5.86. The van der Waals surface area contributed by atoms with E-state index in [2.05, 4.69) is 10.3 Å². The number of benzene rings is 1. The molecule has 0 saturated heterocycles. The van der Waals surface area contributed by atoms with Crippen molar-refractivity contribution in [3.05, 3.63) is 63.9 Å². The van der Waals surface area contributed by atoms with Gasteiger partial charge in [0.05, 0.1) is 11.1 Å². The first-order valence-corrected chi connectivity index (χ1v) is 7.56. The van der Waals surface area contributed by atoms with Gasteiger partial charge in [0.1, 0.15) is 10.8 Å². The van der Waals surface area contributed by atoms with Gasteiger partial charge >= 0.3 is 0 Å². The number of halogens is 2. The van der Waals surface area contributed by atoms with Crippen molar-refractivity contribution in [2.75, 3.05) is 20.6 Å². The third-order valence-electron chi connectivity index (χ3n) is 3.29. The molecule has 0 bridgehead atoms. The molecular weight excluding hydrogens is 321 g/mol. The molecule has 0 saturated carbocycles. The van der Waals surface area contributed by atoms with Crippen LogP contribution in [0.15, 0.2) is 42.5 Å². The molecule has 4 nitrogen and oxygen atoms in total. The Morgan fingerprint density at radius 1 is 1.18 bits per heavy atom. The molecule has 1 aromatic carbocycles. The molecule has 0 radical (unpaired) electrons. The second-order valence-electron chi connectivity index (χ2n) is 5.06. The average Bonchev–Trinajstić information content (AvgIpc) is 2.50. The van der Waals surface area contributed by atoms with E-state index in [-0.39, 0.29) is 27.8 Å². The Morgan fingerprint density at radius 2 is 1.86 bits per heavy atom. The van der Waals surface area contributed by atoms with Gasteiger partial charge < -0.3 is 10.2 Å². The highest BCUT2D eigenvalue weighted by Crippen LogP contribution is 2.19. The van der Waals surface area contributed by atoms with Gasteiger partial charge in [-0.25, -0.2) is 4.98 Å². The maximum Gasteiger partial charge on any atom is 0.271 e. The van der Waals surface area contributed by atoms with Crippen molar-refractivity contribution >= 4 is 29.1 Å². The Morgan fingerprint density at radius 3 is 2.50 bits per heavy atom. The van der Waals surface area contributed by atoms with E-state index < -0.39 is 0 Å². The first kappa shape index (κ1) is 16.7. The zero-order valence-electron chi connectivity index (χ0n) is 12.4. The topological polar surface area (TPSA) is 45.2 Å². The minimum absolute atomic E-state index is 0.0584. The zero-order valence-corrected chi connectivity index (χ0v) is 13.9. The fraction of sp³-hybridized carbons (Fsp3) is 0.250. The fourth-order valence-electron chi connectivity index (χ4n) is 2.12. The van der Waals surface area contributed by atoms with Gasteiger partial charge in [-0.15, -0.1) is 0 Å². The lowest BCUT2D eigenvalue weighted by molar-refractivity contribution is 0.0937. The van der Waals surface area contributed by atoms with Crippen molar-refractivity contribution in [2.24, 2.45) is 0 Å². The van der Waals surface area contributed by atoms with Gasteiger partial charge in [-0.05, 0) is 31.8 Å². The van der Waals surface area contributed by atoms with Crippen LogP contribution in [0.25, 0.3) is 0 Å². The molecule has 0 aliphatic rings. The predicted octanol–water partition coefficient (Wildman–Crippen LogP) is 3.42. The van der Waals surface area contributed by atoms with E-state index in [9.17, 15) is 4.79 Å². The van der Waals surface area contributed by atoms with E-state index in [4.69, 9.17) is 23.2 Å². The molecule has 1 unspecified atom stereocenters. The van der Waals surface area contributed by atoms with Crippen LogP contribution in [0.4, 0.5) is 0 Å². The SMILES string of the molecule is CN(C)C(CNC(=O)c1nc(Cl)ccc1Cl)c1ccccc1. The largest absolute Gasteiger partial charge is 0.349 e. The highest BCUT2D eigenvalue weighted by Gasteiger charge is 2.18. The molecule has 1 heterocycles. The summed E-state index contributed by atoms with van der Waals surface area (Å²) in [7, 11) is 3.93. The first-order chi connectivity index (χ1) is 10.5. The summed E-state index contributed by atoms with van der Waals surface area (Å²) in [5.41, 5.74) is 1.26. The Bertz CT molecular complexity index is 647. The maximum absolute atomic E-state index is 12.2. The predicted molar refractivity (Wildman–Crippen MR) is 89.5 cm³/mol. The Balaban J connectivity index is 2.10. The average molecular weight is 338 g/mol. The summed E-state index contributed by atoms with van der Waals surface area (Å²) in [5.74, 6) is -0.338. The fourth-order valence-corrected chi connectivity index (χ4v) is 2.46. The van der Waals surface area contributed by atoms with Gasteiger partial charge in [0, 0.05) is 6.54 Å². The Labute approximate surface area is 140 Å².